The number of carbonyl (C=O) groups excluding carboxylic acids is 2. The van der Waals surface area contributed by atoms with E-state index >= 15 is 0 Å². The summed E-state index contributed by atoms with van der Waals surface area (Å²) in [6, 6.07) is 3.64. The highest BCUT2D eigenvalue weighted by atomic mass is 16.5. The predicted molar refractivity (Wildman–Crippen MR) is 119 cm³/mol. The van der Waals surface area contributed by atoms with E-state index in [1.54, 1.807) is 12.3 Å². The molecule has 1 atom stereocenters. The minimum absolute atomic E-state index is 0.0285. The van der Waals surface area contributed by atoms with Crippen molar-refractivity contribution in [2.75, 3.05) is 50.8 Å². The molecule has 3 fully saturated rings. The highest BCUT2D eigenvalue weighted by Gasteiger charge is 2.26. The number of ether oxygens (including phenoxy) is 1. The molecule has 0 spiro atoms. The maximum atomic E-state index is 12.8. The lowest BCUT2D eigenvalue weighted by Gasteiger charge is -2.36. The lowest BCUT2D eigenvalue weighted by Crippen LogP contribution is -2.53. The number of nitrogens with one attached hydrogen (secondary N) is 2. The molecule has 0 radical (unpaired) electrons. The van der Waals surface area contributed by atoms with Gasteiger partial charge in [0.2, 0.25) is 0 Å². The quantitative estimate of drug-likeness (QED) is 0.725. The van der Waals surface area contributed by atoms with Crippen LogP contribution in [0.1, 0.15) is 55.3 Å². The van der Waals surface area contributed by atoms with Crippen molar-refractivity contribution in [3.05, 3.63) is 23.9 Å². The van der Waals surface area contributed by atoms with Gasteiger partial charge in [0.1, 0.15) is 5.82 Å². The Kier molecular flexibility index (Phi) is 7.61. The number of anilines is 1. The highest BCUT2D eigenvalue weighted by molar-refractivity contribution is 5.99. The molecule has 2 aliphatic heterocycles. The predicted octanol–water partition coefficient (Wildman–Crippen LogP) is 2.40. The molecule has 4 rings (SSSR count). The van der Waals surface area contributed by atoms with Crippen LogP contribution < -0.4 is 15.5 Å². The van der Waals surface area contributed by atoms with E-state index in [0.717, 1.165) is 26.0 Å². The third-order valence-electron chi connectivity index (χ3n) is 6.68. The largest absolute Gasteiger partial charge is 0.376 e. The van der Waals surface area contributed by atoms with Crippen molar-refractivity contribution in [1.29, 1.82) is 0 Å². The van der Waals surface area contributed by atoms with Crippen LogP contribution in [-0.4, -0.2) is 73.8 Å². The molecule has 31 heavy (non-hydrogen) atoms. The Morgan fingerprint density at radius 3 is 2.55 bits per heavy atom. The number of aromatic nitrogens is 1. The molecule has 1 aromatic rings. The van der Waals surface area contributed by atoms with Gasteiger partial charge in [0.25, 0.3) is 5.91 Å². The summed E-state index contributed by atoms with van der Waals surface area (Å²) in [7, 11) is 0. The minimum Gasteiger partial charge on any atom is -0.376 e. The normalized spacial score (nSPS) is 22.4. The van der Waals surface area contributed by atoms with Gasteiger partial charge in [0.15, 0.2) is 0 Å². The molecule has 3 heterocycles. The first kappa shape index (κ1) is 21.9. The molecule has 2 N–H and O–H groups in total. The molecule has 0 unspecified atom stereocenters. The zero-order chi connectivity index (χ0) is 21.5. The van der Waals surface area contributed by atoms with Gasteiger partial charge in [-0.25, -0.2) is 9.78 Å². The Balaban J connectivity index is 1.27. The molecule has 1 aliphatic carbocycles. The van der Waals surface area contributed by atoms with Gasteiger partial charge in [-0.2, -0.15) is 0 Å². The summed E-state index contributed by atoms with van der Waals surface area (Å²) < 4.78 is 5.59. The topological polar surface area (TPSA) is 86.8 Å². The van der Waals surface area contributed by atoms with Gasteiger partial charge in [-0.1, -0.05) is 19.3 Å². The molecular weight excluding hydrogens is 394 g/mol. The minimum atomic E-state index is -0.119. The first-order valence-electron chi connectivity index (χ1n) is 11.8. The zero-order valence-electron chi connectivity index (χ0n) is 18.4. The van der Waals surface area contributed by atoms with Crippen LogP contribution in [0.3, 0.4) is 0 Å². The fourth-order valence-electron chi connectivity index (χ4n) is 4.79. The van der Waals surface area contributed by atoms with Crippen molar-refractivity contribution in [2.24, 2.45) is 5.92 Å². The number of piperazine rings is 1. The molecule has 0 aromatic carbocycles. The Bertz CT molecular complexity index is 738. The smallest absolute Gasteiger partial charge is 0.317 e. The maximum absolute atomic E-state index is 12.8. The van der Waals surface area contributed by atoms with Crippen LogP contribution in [0, 0.1) is 5.92 Å². The number of rotatable bonds is 6. The van der Waals surface area contributed by atoms with Gasteiger partial charge in [-0.15, -0.1) is 0 Å². The molecule has 1 aromatic heterocycles. The van der Waals surface area contributed by atoms with Gasteiger partial charge >= 0.3 is 6.03 Å². The number of urea groups is 1. The summed E-state index contributed by atoms with van der Waals surface area (Å²) in [5.41, 5.74) is 0.579. The van der Waals surface area contributed by atoms with E-state index in [2.05, 4.69) is 20.5 Å². The van der Waals surface area contributed by atoms with E-state index in [4.69, 9.17) is 4.74 Å². The standard InChI is InChI=1S/C23H35N5O3/c29-22(25-17-19-8-5-15-31-19)20-9-4-10-24-21(20)27-11-13-28(14-12-27)23(30)26-16-18-6-2-1-3-7-18/h4,9-10,18-19H,1-3,5-8,11-17H2,(H,25,29)(H,26,30)/t19-/m0/s1. The van der Waals surface area contributed by atoms with Crippen molar-refractivity contribution < 1.29 is 14.3 Å². The average Bonchev–Trinajstić information content (AvgIpc) is 3.35. The number of amides is 3. The van der Waals surface area contributed by atoms with Crippen LogP contribution >= 0.6 is 0 Å². The molecule has 170 valence electrons. The van der Waals surface area contributed by atoms with Crippen LogP contribution in [-0.2, 0) is 4.74 Å². The van der Waals surface area contributed by atoms with Crippen LogP contribution in [0.5, 0.6) is 0 Å². The summed E-state index contributed by atoms with van der Waals surface area (Å²) in [4.78, 5) is 33.8. The zero-order valence-corrected chi connectivity index (χ0v) is 18.4. The van der Waals surface area contributed by atoms with Crippen LogP contribution in [0.2, 0.25) is 0 Å². The molecule has 3 amide bonds. The Labute approximate surface area is 184 Å². The number of pyridine rings is 1. The lowest BCUT2D eigenvalue weighted by molar-refractivity contribution is 0.0857. The summed E-state index contributed by atoms with van der Waals surface area (Å²) in [5, 5.41) is 6.12. The van der Waals surface area contributed by atoms with Crippen molar-refractivity contribution in [1.82, 2.24) is 20.5 Å². The van der Waals surface area contributed by atoms with Crippen LogP contribution in [0.15, 0.2) is 18.3 Å². The second-order valence-electron chi connectivity index (χ2n) is 8.88. The second kappa shape index (κ2) is 10.8. The third kappa shape index (κ3) is 5.87. The fraction of sp³-hybridized carbons (Fsp3) is 0.696. The monoisotopic (exact) mass is 429 g/mol. The van der Waals surface area contributed by atoms with Crippen molar-refractivity contribution in [3.63, 3.8) is 0 Å². The number of nitrogens with zero attached hydrogens (tertiary/aromatic N) is 3. The molecule has 8 heteroatoms. The van der Waals surface area contributed by atoms with E-state index in [-0.39, 0.29) is 18.0 Å². The summed E-state index contributed by atoms with van der Waals surface area (Å²) in [6.07, 6.45) is 10.2. The average molecular weight is 430 g/mol. The van der Waals surface area contributed by atoms with Crippen LogP contribution in [0.4, 0.5) is 10.6 Å². The van der Waals surface area contributed by atoms with Crippen LogP contribution in [0.25, 0.3) is 0 Å². The SMILES string of the molecule is O=C(NC[C@@H]1CCCO1)c1cccnc1N1CCN(C(=O)NCC2CCCCC2)CC1. The summed E-state index contributed by atoms with van der Waals surface area (Å²) in [5.74, 6) is 1.20. The van der Waals surface area contributed by atoms with E-state index < -0.39 is 0 Å². The lowest BCUT2D eigenvalue weighted by atomic mass is 9.89. The van der Waals surface area contributed by atoms with Gasteiger partial charge in [-0.3, -0.25) is 4.79 Å². The molecular formula is C23H35N5O3. The van der Waals surface area contributed by atoms with E-state index in [1.807, 2.05) is 11.0 Å². The highest BCUT2D eigenvalue weighted by Crippen LogP contribution is 2.23. The maximum Gasteiger partial charge on any atom is 0.317 e. The fourth-order valence-corrected chi connectivity index (χ4v) is 4.79. The summed E-state index contributed by atoms with van der Waals surface area (Å²) >= 11 is 0. The van der Waals surface area contributed by atoms with E-state index in [0.29, 0.717) is 50.0 Å². The van der Waals surface area contributed by atoms with Crippen molar-refractivity contribution in [3.8, 4) is 0 Å². The van der Waals surface area contributed by atoms with Crippen molar-refractivity contribution >= 4 is 17.8 Å². The van der Waals surface area contributed by atoms with Crippen molar-refractivity contribution in [2.45, 2.75) is 51.0 Å². The first-order valence-corrected chi connectivity index (χ1v) is 11.8. The Hall–Kier alpha value is -2.35. The molecule has 3 aliphatic rings. The third-order valence-corrected chi connectivity index (χ3v) is 6.68. The molecule has 2 saturated heterocycles. The van der Waals surface area contributed by atoms with E-state index in [1.165, 1.54) is 32.1 Å². The van der Waals surface area contributed by atoms with E-state index in [9.17, 15) is 9.59 Å². The van der Waals surface area contributed by atoms with Gasteiger partial charge < -0.3 is 25.2 Å². The first-order chi connectivity index (χ1) is 15.2. The second-order valence-corrected chi connectivity index (χ2v) is 8.88. The number of hydrogen-bond donors (Lipinski definition) is 2. The van der Waals surface area contributed by atoms with Gasteiger partial charge in [0.05, 0.1) is 11.7 Å². The summed E-state index contributed by atoms with van der Waals surface area (Å²) in [6.45, 7) is 4.68. The molecule has 1 saturated carbocycles. The van der Waals surface area contributed by atoms with Gasteiger partial charge in [-0.05, 0) is 43.7 Å². The number of carbonyl (C=O) groups is 2. The Morgan fingerprint density at radius 2 is 1.81 bits per heavy atom. The van der Waals surface area contributed by atoms with Gasteiger partial charge in [0, 0.05) is 52.1 Å². The number of hydrogen-bond acceptors (Lipinski definition) is 5. The molecule has 8 nitrogen and oxygen atoms in total. The Morgan fingerprint density at radius 1 is 1.00 bits per heavy atom. The molecule has 0 bridgehead atoms.